The number of amides is 4. The summed E-state index contributed by atoms with van der Waals surface area (Å²) in [5, 5.41) is 50.8. The van der Waals surface area contributed by atoms with Crippen molar-refractivity contribution in [2.24, 2.45) is 64.2 Å². The summed E-state index contributed by atoms with van der Waals surface area (Å²) in [7, 11) is -2.26. The molecule has 2 unspecified atom stereocenters. The zero-order chi connectivity index (χ0) is 90.9. The largest absolute Gasteiger partial charge is 0.461 e. The van der Waals surface area contributed by atoms with E-state index in [1.165, 1.54) is 70.0 Å². The molecule has 0 spiro atoms. The number of Topliss-reactive ketones (excluding diaryl/α,β-unsaturated/α-hetero) is 4. The van der Waals surface area contributed by atoms with Crippen LogP contribution in [0.2, 0.25) is 11.6 Å². The molecule has 4 aromatic carbocycles. The quantitative estimate of drug-likeness (QED) is 0.0112. The van der Waals surface area contributed by atoms with Crippen LogP contribution in [-0.2, 0) is 60.5 Å². The van der Waals surface area contributed by atoms with Crippen molar-refractivity contribution in [3.8, 4) is 22.3 Å². The second-order valence-corrected chi connectivity index (χ2v) is 37.0. The Hall–Kier alpha value is -7.17. The highest BCUT2D eigenvalue weighted by Crippen LogP contribution is 2.66. The lowest BCUT2D eigenvalue weighted by molar-refractivity contribution is -0.199. The third-order valence-corrected chi connectivity index (χ3v) is 25.4. The van der Waals surface area contributed by atoms with Crippen LogP contribution in [0.1, 0.15) is 266 Å². The van der Waals surface area contributed by atoms with Gasteiger partial charge in [-0.05, 0) is 209 Å². The molecule has 122 heavy (non-hydrogen) atoms. The van der Waals surface area contributed by atoms with Gasteiger partial charge >= 0.3 is 26.6 Å². The van der Waals surface area contributed by atoms with Crippen LogP contribution < -0.4 is 32.7 Å². The number of alkyl halides is 6. The molecule has 18 atom stereocenters. The second-order valence-electron chi connectivity index (χ2n) is 37.0. The minimum atomic E-state index is -4.69. The number of hydrogen-bond acceptors (Lipinski definition) is 16. The van der Waals surface area contributed by atoms with Crippen molar-refractivity contribution < 1.29 is 94.3 Å². The number of aryl methyl sites for hydroxylation is 2. The minimum absolute atomic E-state index is 0.00231. The first-order chi connectivity index (χ1) is 57.3. The monoisotopic (exact) mass is 1710 g/mol. The van der Waals surface area contributed by atoms with E-state index in [4.69, 9.17) is 20.8 Å². The van der Waals surface area contributed by atoms with Crippen molar-refractivity contribution >= 4 is 61.0 Å². The van der Waals surface area contributed by atoms with Crippen LogP contribution in [0.4, 0.5) is 26.3 Å². The third-order valence-electron chi connectivity index (χ3n) is 25.4. The minimum Gasteiger partial charge on any atom is -0.427 e. The van der Waals surface area contributed by atoms with Crippen molar-refractivity contribution in [1.29, 1.82) is 0 Å². The van der Waals surface area contributed by atoms with Crippen molar-refractivity contribution in [3.63, 3.8) is 0 Å². The zero-order valence-corrected chi connectivity index (χ0v) is 74.6. The Balaban J connectivity index is 0.000000383. The lowest BCUT2D eigenvalue weighted by atomic mass is 9.43. The fraction of sp³-hybridized carbons (Fsp3) is 0.660. The average molecular weight is 1710 g/mol. The molecule has 3 saturated carbocycles. The van der Waals surface area contributed by atoms with E-state index in [2.05, 4.69) is 55.9 Å². The molecule has 4 aromatic rings. The molecule has 2 bridgehead atoms. The lowest BCUT2D eigenvalue weighted by Crippen LogP contribution is -2.65. The third kappa shape index (κ3) is 30.3. The van der Waals surface area contributed by atoms with Crippen LogP contribution in [0.5, 0.6) is 0 Å². The number of halogens is 6. The van der Waals surface area contributed by atoms with Crippen LogP contribution in [-0.4, -0.2) is 155 Å². The number of carbonyl (C=O) groups excluding carboxylic acids is 8. The van der Waals surface area contributed by atoms with Gasteiger partial charge in [-0.3, -0.25) is 38.4 Å². The molecule has 4 amide bonds. The molecule has 0 radical (unpaired) electrons. The van der Waals surface area contributed by atoms with Crippen molar-refractivity contribution in [3.05, 3.63) is 119 Å². The zero-order valence-electron chi connectivity index (χ0n) is 74.6. The van der Waals surface area contributed by atoms with Gasteiger partial charge in [0, 0.05) is 49.4 Å². The summed E-state index contributed by atoms with van der Waals surface area (Å²) in [6.45, 7) is 28.1. The molecule has 4 fully saturated rings. The van der Waals surface area contributed by atoms with Gasteiger partial charge in [0.25, 0.3) is 0 Å². The summed E-state index contributed by atoms with van der Waals surface area (Å²) in [5.74, 6) is -13.0. The maximum absolute atomic E-state index is 14.9. The molecule has 1 saturated heterocycles. The first kappa shape index (κ1) is 104. The number of nitrogens with one attached hydrogen (secondary N) is 4. The van der Waals surface area contributed by atoms with E-state index in [0.29, 0.717) is 43.9 Å². The van der Waals surface area contributed by atoms with Gasteiger partial charge in [0.05, 0.1) is 47.8 Å². The molecule has 4 aliphatic rings. The molecule has 678 valence electrons. The first-order valence-corrected chi connectivity index (χ1v) is 44.6. The van der Waals surface area contributed by atoms with E-state index >= 15 is 0 Å². The van der Waals surface area contributed by atoms with Crippen LogP contribution in [0.3, 0.4) is 0 Å². The summed E-state index contributed by atoms with van der Waals surface area (Å²) in [6, 6.07) is 23.5. The molecular weight excluding hydrogens is 1570 g/mol. The highest BCUT2D eigenvalue weighted by Gasteiger charge is 2.68. The van der Waals surface area contributed by atoms with E-state index in [1.54, 1.807) is 24.3 Å². The average Bonchev–Trinajstić information content (AvgIpc) is 1.44. The van der Waals surface area contributed by atoms with Gasteiger partial charge in [-0.1, -0.05) is 206 Å². The van der Waals surface area contributed by atoms with E-state index in [9.17, 15) is 85.0 Å². The van der Waals surface area contributed by atoms with Gasteiger partial charge in [0.15, 0.2) is 23.1 Å². The van der Waals surface area contributed by atoms with Crippen LogP contribution in [0.15, 0.2) is 97.1 Å². The van der Waals surface area contributed by atoms with Crippen molar-refractivity contribution in [2.45, 2.75) is 329 Å². The molecule has 12 N–H and O–H groups in total. The fourth-order valence-electron chi connectivity index (χ4n) is 17.5. The van der Waals surface area contributed by atoms with Crippen molar-refractivity contribution in [2.75, 3.05) is 13.1 Å². The molecular formula is C94H140B2F6N6O14. The maximum Gasteiger partial charge on any atom is 0.461 e. The number of benzene rings is 4. The highest BCUT2D eigenvalue weighted by molar-refractivity contribution is 6.47. The summed E-state index contributed by atoms with van der Waals surface area (Å²) in [5.41, 5.74) is 16.8. The van der Waals surface area contributed by atoms with Crippen LogP contribution in [0, 0.1) is 52.8 Å². The Kier molecular flexibility index (Phi) is 40.7. The number of nitrogens with two attached hydrogens (primary N) is 2. The SMILES string of the molecule is CCCCc1ccc(-c2ccc(C(C[C@@H](CCCCN)C(=O)N[C@H](C(=O)C[C@@H](C)C(=O)N[C@@H](CC(C)C)C(=O)C[C@@H](C)B(O)O)[C@@H](C)O)C(F)(F)F)cc2)cc1.CCCCc1ccc(-c2ccc(C(C[C@@H](CCCCN)C(=O)N[C@H](C(=O)C[C@@H](C)C(=O)N[C@@H](CC(C)C)C(=O)C[C@@H](C)B3O[C@@H]4C[C@@H]5C[C@@H](C5(C)C)[C@]4(C)O3)[C@@H](C)O)C(F)(F)F)cc2)cc1. The smallest absolute Gasteiger partial charge is 0.427 e. The number of ketones is 4. The Bertz CT molecular complexity index is 3970. The van der Waals surface area contributed by atoms with Gasteiger partial charge in [-0.15, -0.1) is 0 Å². The van der Waals surface area contributed by atoms with E-state index in [0.717, 1.165) is 73.6 Å². The van der Waals surface area contributed by atoms with Gasteiger partial charge in [0.1, 0.15) is 12.1 Å². The second kappa shape index (κ2) is 48.0. The fourth-order valence-corrected chi connectivity index (χ4v) is 17.5. The van der Waals surface area contributed by atoms with Crippen molar-refractivity contribution in [1.82, 2.24) is 21.3 Å². The molecule has 0 aromatic heterocycles. The van der Waals surface area contributed by atoms with E-state index in [-0.39, 0.29) is 97.7 Å². The summed E-state index contributed by atoms with van der Waals surface area (Å²) in [6.07, 6.45) is -3.59. The molecule has 8 rings (SSSR count). The predicted octanol–water partition coefficient (Wildman–Crippen LogP) is 15.8. The number of hydrogen-bond donors (Lipinski definition) is 10. The Labute approximate surface area is 720 Å². The molecule has 1 aliphatic heterocycles. The van der Waals surface area contributed by atoms with Gasteiger partial charge in [-0.2, -0.15) is 26.3 Å². The lowest BCUT2D eigenvalue weighted by Gasteiger charge is -2.64. The summed E-state index contributed by atoms with van der Waals surface area (Å²) >= 11 is 0. The topological polar surface area (TPSA) is 336 Å². The number of aliphatic hydroxyl groups excluding tert-OH is 2. The van der Waals surface area contributed by atoms with E-state index < -0.39 is 170 Å². The van der Waals surface area contributed by atoms with Crippen LogP contribution >= 0.6 is 0 Å². The Morgan fingerprint density at radius 3 is 1.19 bits per heavy atom. The van der Waals surface area contributed by atoms with Crippen LogP contribution in [0.25, 0.3) is 22.3 Å². The number of aliphatic hydroxyl groups is 2. The molecule has 28 heteroatoms. The predicted molar refractivity (Wildman–Crippen MR) is 467 cm³/mol. The summed E-state index contributed by atoms with van der Waals surface area (Å²) in [4.78, 5) is 109. The number of carbonyl (C=O) groups is 8. The van der Waals surface area contributed by atoms with E-state index in [1.807, 2.05) is 83.1 Å². The molecule has 1 heterocycles. The maximum atomic E-state index is 14.9. The highest BCUT2D eigenvalue weighted by atomic mass is 19.4. The molecule has 20 nitrogen and oxygen atoms in total. The first-order valence-electron chi connectivity index (χ1n) is 44.6. The number of rotatable bonds is 50. The standard InChI is InChI=1S/C52H77BF3N3O7.C42H63BF3N3O7/c1-10-11-14-35-16-18-36(19-17-35)37-20-22-38(23-21-37)41(52(54,55)56)28-39(15-12-13-24-57)49(64)59-47(34(6)60)44(62)26-32(4)48(63)58-42(25-31(2)3)43(61)27-33(5)53-65-46-30-40-29-45(50(40,7)8)51(46,9)66-53;1-7-8-11-30-13-15-31(16-14-30)32-17-19-33(20-18-32)35(42(44,45)46)25-34(12-9-10-21-47)41(54)49-39(29(6)50)38(52)23-27(4)40(53)48-36(22-26(2)3)37(51)24-28(5)43(55)56/h16-23,31-34,39-42,45-47,60H,10-15,24-30,57H2,1-9H3,(H,58,63)(H,59,64);13-20,26-29,34-36,39,50,55-56H,7-12,21-25,47H2,1-6H3,(H,48,53)(H,49,54)/t32-,33-,34-,39-,40+,41?,42+,45+,46-,47+,51+;27-,28-,29-,34-,35?,36+,39+/m11/s1. The Morgan fingerprint density at radius 2 is 0.861 bits per heavy atom. The van der Waals surface area contributed by atoms with Gasteiger partial charge < -0.3 is 62.3 Å². The Morgan fingerprint density at radius 1 is 0.492 bits per heavy atom. The van der Waals surface area contributed by atoms with Gasteiger partial charge in [0.2, 0.25) is 23.6 Å². The number of unbranched alkanes of at least 4 members (excludes halogenated alkanes) is 4. The molecule has 3 aliphatic carbocycles. The summed E-state index contributed by atoms with van der Waals surface area (Å²) < 4.78 is 102. The van der Waals surface area contributed by atoms with Gasteiger partial charge in [-0.25, -0.2) is 0 Å². The normalized spacial score (nSPS) is 20.3.